The monoisotopic (exact) mass is 453 g/mol. The van der Waals surface area contributed by atoms with Crippen molar-refractivity contribution in [1.82, 2.24) is 0 Å². The molecule has 0 N–H and O–H groups in total. The molecule has 0 saturated heterocycles. The van der Waals surface area contributed by atoms with Gasteiger partial charge in [-0.05, 0) is 51.5 Å². The molecular weight excluding hydrogens is 442 g/mol. The lowest BCUT2D eigenvalue weighted by atomic mass is 10.1. The molecule has 3 rings (SSSR count). The summed E-state index contributed by atoms with van der Waals surface area (Å²) in [5.41, 5.74) is 2.30. The first-order chi connectivity index (χ1) is 12.1. The van der Waals surface area contributed by atoms with Crippen LogP contribution >= 0.6 is 51.1 Å². The lowest BCUT2D eigenvalue weighted by Gasteiger charge is -2.08. The van der Waals surface area contributed by atoms with Crippen LogP contribution in [0.4, 0.5) is 0 Å². The van der Waals surface area contributed by atoms with Crippen molar-refractivity contribution in [2.75, 3.05) is 7.11 Å². The lowest BCUT2D eigenvalue weighted by molar-refractivity contribution is -0.107. The highest BCUT2D eigenvalue weighted by Gasteiger charge is 2.23. The molecule has 0 saturated carbocycles. The maximum Gasteiger partial charge on any atom is 0.244 e. The number of carbonyl (C=O) groups is 1. The first kappa shape index (κ1) is 18.6. The van der Waals surface area contributed by atoms with E-state index in [0.717, 1.165) is 26.4 Å². The van der Waals surface area contributed by atoms with Gasteiger partial charge in [0.2, 0.25) is 5.12 Å². The van der Waals surface area contributed by atoms with Crippen molar-refractivity contribution in [3.8, 4) is 5.75 Å². The molecule has 1 heterocycles. The summed E-state index contributed by atoms with van der Waals surface area (Å²) in [5.74, 6) is 1.40. The summed E-state index contributed by atoms with van der Waals surface area (Å²) in [6.45, 7) is 0. The number of carbonyl (C=O) groups excluding carboxylic acids is 1. The van der Waals surface area contributed by atoms with E-state index < -0.39 is 0 Å². The zero-order valence-electron chi connectivity index (χ0n) is 13.2. The first-order valence-corrected chi connectivity index (χ1v) is 10.3. The SMILES string of the molecule is COc1c(Br)cc(Cl)cc1/C=C1\N=C(SCc2ccccc2)SC1=O. The minimum atomic E-state index is -0.0753. The van der Waals surface area contributed by atoms with E-state index in [0.29, 0.717) is 22.0 Å². The number of hydrogen-bond donors (Lipinski definition) is 0. The summed E-state index contributed by atoms with van der Waals surface area (Å²) >= 11 is 12.2. The number of ether oxygens (including phenoxy) is 1. The molecule has 128 valence electrons. The third-order valence-electron chi connectivity index (χ3n) is 3.34. The van der Waals surface area contributed by atoms with Gasteiger partial charge in [0.05, 0.1) is 11.6 Å². The largest absolute Gasteiger partial charge is 0.495 e. The van der Waals surface area contributed by atoms with E-state index in [9.17, 15) is 4.79 Å². The molecule has 0 aromatic heterocycles. The van der Waals surface area contributed by atoms with Crippen molar-refractivity contribution in [3.63, 3.8) is 0 Å². The van der Waals surface area contributed by atoms with Gasteiger partial charge in [0.15, 0.2) is 0 Å². The van der Waals surface area contributed by atoms with E-state index >= 15 is 0 Å². The van der Waals surface area contributed by atoms with Crippen molar-refractivity contribution in [2.45, 2.75) is 5.75 Å². The number of rotatable bonds is 4. The van der Waals surface area contributed by atoms with Crippen molar-refractivity contribution >= 4 is 66.6 Å². The summed E-state index contributed by atoms with van der Waals surface area (Å²) in [7, 11) is 1.58. The Morgan fingerprint density at radius 3 is 2.80 bits per heavy atom. The normalized spacial score (nSPS) is 15.6. The number of halogens is 2. The second-order valence-corrected chi connectivity index (χ2v) is 8.56. The standard InChI is InChI=1S/C18H13BrClNO2S2/c1-23-16-12(7-13(20)9-14(16)19)8-15-17(22)25-18(21-15)24-10-11-5-3-2-4-6-11/h2-9H,10H2,1H3/b15-8-. The molecule has 2 aromatic carbocycles. The van der Waals surface area contributed by atoms with E-state index in [1.807, 2.05) is 18.2 Å². The third kappa shape index (κ3) is 4.70. The summed E-state index contributed by atoms with van der Waals surface area (Å²) in [6, 6.07) is 13.6. The van der Waals surface area contributed by atoms with Gasteiger partial charge in [0, 0.05) is 16.3 Å². The fourth-order valence-electron chi connectivity index (χ4n) is 2.22. The molecule has 1 aliphatic rings. The summed E-state index contributed by atoms with van der Waals surface area (Å²) in [4.78, 5) is 16.7. The van der Waals surface area contributed by atoms with Gasteiger partial charge in [-0.15, -0.1) is 0 Å². The minimum absolute atomic E-state index is 0.0753. The molecule has 0 unspecified atom stereocenters. The van der Waals surface area contributed by atoms with Crippen LogP contribution in [0, 0.1) is 0 Å². The Labute approximate surface area is 168 Å². The van der Waals surface area contributed by atoms with Gasteiger partial charge >= 0.3 is 0 Å². The molecule has 1 aliphatic heterocycles. The Morgan fingerprint density at radius 2 is 2.08 bits per heavy atom. The topological polar surface area (TPSA) is 38.7 Å². The molecule has 25 heavy (non-hydrogen) atoms. The molecule has 3 nitrogen and oxygen atoms in total. The zero-order valence-corrected chi connectivity index (χ0v) is 17.1. The Bertz CT molecular complexity index is 869. The number of aliphatic imine (C=N–C) groups is 1. The zero-order chi connectivity index (χ0) is 17.8. The van der Waals surface area contributed by atoms with Crippen LogP contribution in [0.1, 0.15) is 11.1 Å². The van der Waals surface area contributed by atoms with Gasteiger partial charge in [-0.25, -0.2) is 4.99 Å². The molecule has 0 bridgehead atoms. The van der Waals surface area contributed by atoms with Gasteiger partial charge in [0.25, 0.3) is 0 Å². The number of thioether (sulfide) groups is 2. The van der Waals surface area contributed by atoms with Crippen LogP contribution in [0.25, 0.3) is 6.08 Å². The molecular formula is C18H13BrClNO2S2. The number of benzene rings is 2. The van der Waals surface area contributed by atoms with Crippen molar-refractivity contribution in [3.05, 3.63) is 68.8 Å². The molecule has 0 spiro atoms. The molecule has 0 aliphatic carbocycles. The number of hydrogen-bond acceptors (Lipinski definition) is 5. The lowest BCUT2D eigenvalue weighted by Crippen LogP contribution is -1.92. The second kappa shape index (κ2) is 8.45. The number of methoxy groups -OCH3 is 1. The summed E-state index contributed by atoms with van der Waals surface area (Å²) < 4.78 is 6.87. The molecule has 0 fully saturated rings. The van der Waals surface area contributed by atoms with Crippen LogP contribution in [0.3, 0.4) is 0 Å². The first-order valence-electron chi connectivity index (χ1n) is 7.29. The summed E-state index contributed by atoms with van der Waals surface area (Å²) in [5, 5.41) is 0.481. The second-order valence-electron chi connectivity index (χ2n) is 5.08. The van der Waals surface area contributed by atoms with Crippen LogP contribution in [0.2, 0.25) is 5.02 Å². The number of nitrogens with zero attached hydrogens (tertiary/aromatic N) is 1. The van der Waals surface area contributed by atoms with Gasteiger partial charge in [-0.1, -0.05) is 53.7 Å². The third-order valence-corrected chi connectivity index (χ3v) is 6.23. The van der Waals surface area contributed by atoms with Gasteiger partial charge in [-0.3, -0.25) is 4.79 Å². The average Bonchev–Trinajstić information content (AvgIpc) is 2.93. The van der Waals surface area contributed by atoms with Crippen LogP contribution in [0.15, 0.2) is 57.6 Å². The smallest absolute Gasteiger partial charge is 0.244 e. The van der Waals surface area contributed by atoms with E-state index in [4.69, 9.17) is 16.3 Å². The fraction of sp³-hybridized carbons (Fsp3) is 0.111. The molecule has 0 radical (unpaired) electrons. The van der Waals surface area contributed by atoms with E-state index in [2.05, 4.69) is 33.1 Å². The van der Waals surface area contributed by atoms with Crippen LogP contribution in [-0.2, 0) is 10.5 Å². The Morgan fingerprint density at radius 1 is 1.32 bits per heavy atom. The highest BCUT2D eigenvalue weighted by Crippen LogP contribution is 2.37. The minimum Gasteiger partial charge on any atom is -0.495 e. The predicted octanol–water partition coefficient (Wildman–Crippen LogP) is 6.01. The average molecular weight is 455 g/mol. The van der Waals surface area contributed by atoms with Gasteiger partial charge < -0.3 is 4.74 Å². The Hall–Kier alpha value is -1.21. The molecule has 2 aromatic rings. The van der Waals surface area contributed by atoms with E-state index in [1.54, 1.807) is 37.1 Å². The Balaban J connectivity index is 1.82. The van der Waals surface area contributed by atoms with Crippen molar-refractivity contribution in [2.24, 2.45) is 4.99 Å². The maximum atomic E-state index is 12.3. The quantitative estimate of drug-likeness (QED) is 0.530. The van der Waals surface area contributed by atoms with Crippen molar-refractivity contribution < 1.29 is 9.53 Å². The van der Waals surface area contributed by atoms with Crippen LogP contribution in [-0.4, -0.2) is 16.6 Å². The summed E-state index contributed by atoms with van der Waals surface area (Å²) in [6.07, 6.45) is 1.71. The van der Waals surface area contributed by atoms with Crippen LogP contribution < -0.4 is 4.74 Å². The van der Waals surface area contributed by atoms with E-state index in [-0.39, 0.29) is 5.12 Å². The molecule has 0 atom stereocenters. The van der Waals surface area contributed by atoms with Gasteiger partial charge in [0.1, 0.15) is 15.8 Å². The highest BCUT2D eigenvalue weighted by molar-refractivity contribution is 9.10. The molecule has 7 heteroatoms. The van der Waals surface area contributed by atoms with Crippen molar-refractivity contribution in [1.29, 1.82) is 0 Å². The predicted molar refractivity (Wildman–Crippen MR) is 111 cm³/mol. The Kier molecular flexibility index (Phi) is 6.28. The molecule has 0 amide bonds. The van der Waals surface area contributed by atoms with Gasteiger partial charge in [-0.2, -0.15) is 0 Å². The highest BCUT2D eigenvalue weighted by atomic mass is 79.9. The maximum absolute atomic E-state index is 12.3. The van der Waals surface area contributed by atoms with Crippen LogP contribution in [0.5, 0.6) is 5.75 Å². The van der Waals surface area contributed by atoms with E-state index in [1.165, 1.54) is 5.56 Å². The fourth-order valence-corrected chi connectivity index (χ4v) is 5.01.